The van der Waals surface area contributed by atoms with Crippen molar-refractivity contribution in [1.82, 2.24) is 5.32 Å². The molecule has 0 aromatic carbocycles. The minimum Gasteiger partial charge on any atom is -0.548 e. The number of nitrogens with one attached hydrogen (secondary N) is 1. The van der Waals surface area contributed by atoms with E-state index in [4.69, 9.17) is 0 Å². The summed E-state index contributed by atoms with van der Waals surface area (Å²) in [5, 5.41) is 13.4. The molecule has 0 saturated carbocycles. The molecule has 0 aliphatic carbocycles. The van der Waals surface area contributed by atoms with Gasteiger partial charge in [-0.05, 0) is 11.8 Å². The molecule has 0 bridgehead atoms. The summed E-state index contributed by atoms with van der Waals surface area (Å²) < 4.78 is 0. The molecular weight excluding hydrogens is 217 g/mol. The van der Waals surface area contributed by atoms with E-state index in [1.807, 2.05) is 6.92 Å². The number of carboxylic acids is 1. The quantitative estimate of drug-likeness (QED) is 0.542. The van der Waals surface area contributed by atoms with Gasteiger partial charge >= 0.3 is 29.6 Å². The van der Waals surface area contributed by atoms with Gasteiger partial charge in [0.2, 0.25) is 5.91 Å². The van der Waals surface area contributed by atoms with Crippen LogP contribution in [0.5, 0.6) is 0 Å². The number of hydrogen-bond acceptors (Lipinski definition) is 3. The molecule has 16 heavy (non-hydrogen) atoms. The molecule has 0 fully saturated rings. The summed E-state index contributed by atoms with van der Waals surface area (Å²) in [6.07, 6.45) is 0.690. The zero-order valence-electron chi connectivity index (χ0n) is 11.1. The number of hydrogen-bond donors (Lipinski definition) is 1. The van der Waals surface area contributed by atoms with Gasteiger partial charge in [-0.25, -0.2) is 0 Å². The number of rotatable bonds is 4. The molecule has 1 unspecified atom stereocenters. The molecule has 0 rings (SSSR count). The number of amides is 1. The monoisotopic (exact) mass is 237 g/mol. The van der Waals surface area contributed by atoms with Crippen molar-refractivity contribution in [3.8, 4) is 0 Å². The van der Waals surface area contributed by atoms with Gasteiger partial charge in [0.25, 0.3) is 0 Å². The number of carboxylic acid groups (broad SMARTS) is 1. The fourth-order valence-corrected chi connectivity index (χ4v) is 1.10. The average molecular weight is 237 g/mol. The third-order valence-electron chi connectivity index (χ3n) is 2.45. The van der Waals surface area contributed by atoms with Crippen molar-refractivity contribution < 1.29 is 44.3 Å². The Morgan fingerprint density at radius 2 is 1.75 bits per heavy atom. The molecule has 0 radical (unpaired) electrons. The Morgan fingerprint density at radius 3 is 2.00 bits per heavy atom. The van der Waals surface area contributed by atoms with Gasteiger partial charge in [-0.2, -0.15) is 0 Å². The fourth-order valence-electron chi connectivity index (χ4n) is 1.10. The molecule has 0 aliphatic heterocycles. The Morgan fingerprint density at radius 1 is 1.31 bits per heavy atom. The van der Waals surface area contributed by atoms with Gasteiger partial charge in [0.1, 0.15) is 0 Å². The van der Waals surface area contributed by atoms with Crippen molar-refractivity contribution >= 4 is 11.9 Å². The van der Waals surface area contributed by atoms with Gasteiger partial charge in [-0.1, -0.05) is 34.6 Å². The van der Waals surface area contributed by atoms with E-state index >= 15 is 0 Å². The Labute approximate surface area is 119 Å². The molecule has 0 saturated heterocycles. The standard InChI is InChI=1S/C11H21NO3.Na/c1-6-7(2)9(13)12-8(10(14)15)11(3,4)5;/h7-8H,6H2,1-5H3,(H,12,13)(H,14,15);/q;+1/p-1/t7?,8-;/m0./s1. The van der Waals surface area contributed by atoms with Gasteiger partial charge in [0.05, 0.1) is 12.0 Å². The minimum absolute atomic E-state index is 0. The van der Waals surface area contributed by atoms with Crippen LogP contribution >= 0.6 is 0 Å². The topological polar surface area (TPSA) is 69.2 Å². The van der Waals surface area contributed by atoms with E-state index in [-0.39, 0.29) is 41.4 Å². The zero-order valence-corrected chi connectivity index (χ0v) is 13.1. The molecule has 0 aromatic rings. The summed E-state index contributed by atoms with van der Waals surface area (Å²) >= 11 is 0. The first-order chi connectivity index (χ1) is 6.70. The first-order valence-corrected chi connectivity index (χ1v) is 5.21. The second kappa shape index (κ2) is 7.30. The van der Waals surface area contributed by atoms with E-state index in [9.17, 15) is 14.7 Å². The van der Waals surface area contributed by atoms with E-state index in [2.05, 4.69) is 5.32 Å². The van der Waals surface area contributed by atoms with Crippen molar-refractivity contribution in [1.29, 1.82) is 0 Å². The molecule has 0 aliphatic rings. The molecule has 1 amide bonds. The van der Waals surface area contributed by atoms with E-state index in [0.717, 1.165) is 0 Å². The Kier molecular flexibility index (Phi) is 8.36. The van der Waals surface area contributed by atoms with Crippen molar-refractivity contribution in [2.75, 3.05) is 0 Å². The molecule has 4 nitrogen and oxygen atoms in total. The van der Waals surface area contributed by atoms with Crippen LogP contribution in [0.1, 0.15) is 41.0 Å². The van der Waals surface area contributed by atoms with E-state index in [1.165, 1.54) is 0 Å². The summed E-state index contributed by atoms with van der Waals surface area (Å²) in [6, 6.07) is -0.945. The second-order valence-electron chi connectivity index (χ2n) is 4.94. The molecule has 0 heterocycles. The normalized spacial score (nSPS) is 14.6. The van der Waals surface area contributed by atoms with E-state index in [1.54, 1.807) is 27.7 Å². The fraction of sp³-hybridized carbons (Fsp3) is 0.818. The maximum Gasteiger partial charge on any atom is 1.00 e. The van der Waals surface area contributed by atoms with Gasteiger partial charge in [0, 0.05) is 5.92 Å². The summed E-state index contributed by atoms with van der Waals surface area (Å²) in [5.41, 5.74) is -0.540. The maximum absolute atomic E-state index is 11.5. The van der Waals surface area contributed by atoms with Crippen LogP contribution in [-0.2, 0) is 9.59 Å². The first kappa shape index (κ1) is 18.3. The van der Waals surface area contributed by atoms with Crippen LogP contribution in [0.3, 0.4) is 0 Å². The second-order valence-corrected chi connectivity index (χ2v) is 4.94. The van der Waals surface area contributed by atoms with Crippen LogP contribution in [0.4, 0.5) is 0 Å². The SMILES string of the molecule is CCC(C)C(=O)N[C@@H](C(=O)[O-])C(C)(C)C.[Na+]. The van der Waals surface area contributed by atoms with Crippen molar-refractivity contribution in [3.63, 3.8) is 0 Å². The minimum atomic E-state index is -1.24. The maximum atomic E-state index is 11.5. The van der Waals surface area contributed by atoms with E-state index in [0.29, 0.717) is 6.42 Å². The summed E-state index contributed by atoms with van der Waals surface area (Å²) in [5.74, 6) is -1.64. The van der Waals surface area contributed by atoms with Crippen molar-refractivity contribution in [2.24, 2.45) is 11.3 Å². The largest absolute Gasteiger partial charge is 1.00 e. The molecule has 0 aromatic heterocycles. The first-order valence-electron chi connectivity index (χ1n) is 5.21. The van der Waals surface area contributed by atoms with Crippen molar-refractivity contribution in [3.05, 3.63) is 0 Å². The van der Waals surface area contributed by atoms with Gasteiger partial charge in [0.15, 0.2) is 0 Å². The Balaban J connectivity index is 0. The van der Waals surface area contributed by atoms with Crippen LogP contribution in [0.25, 0.3) is 0 Å². The summed E-state index contributed by atoms with van der Waals surface area (Å²) in [7, 11) is 0. The molecule has 5 heteroatoms. The van der Waals surface area contributed by atoms with Gasteiger partial charge in [-0.3, -0.25) is 4.79 Å². The Bertz CT molecular complexity index is 248. The summed E-state index contributed by atoms with van der Waals surface area (Å²) in [6.45, 7) is 8.92. The summed E-state index contributed by atoms with van der Waals surface area (Å²) in [4.78, 5) is 22.4. The van der Waals surface area contributed by atoms with Gasteiger partial charge < -0.3 is 15.2 Å². The van der Waals surface area contributed by atoms with Crippen LogP contribution in [0.15, 0.2) is 0 Å². The number of aliphatic carboxylic acids is 1. The van der Waals surface area contributed by atoms with Crippen LogP contribution < -0.4 is 40.0 Å². The third-order valence-corrected chi connectivity index (χ3v) is 2.45. The molecule has 0 spiro atoms. The number of carbonyl (C=O) groups excluding carboxylic acids is 2. The zero-order chi connectivity index (χ0) is 12.2. The van der Waals surface area contributed by atoms with Crippen molar-refractivity contribution in [2.45, 2.75) is 47.1 Å². The third kappa shape index (κ3) is 5.87. The predicted molar refractivity (Wildman–Crippen MR) is 55.8 cm³/mol. The predicted octanol–water partition coefficient (Wildman–Crippen LogP) is -2.68. The van der Waals surface area contributed by atoms with E-state index < -0.39 is 17.4 Å². The Hall–Kier alpha value is -0.0600. The van der Waals surface area contributed by atoms with Crippen LogP contribution in [0, 0.1) is 11.3 Å². The number of carbonyl (C=O) groups is 2. The molecular formula is C11H20NNaO3. The van der Waals surface area contributed by atoms with Crippen LogP contribution in [0.2, 0.25) is 0 Å². The molecule has 88 valence electrons. The molecule has 1 N–H and O–H groups in total. The van der Waals surface area contributed by atoms with Gasteiger partial charge in [-0.15, -0.1) is 0 Å². The molecule has 2 atom stereocenters. The van der Waals surface area contributed by atoms with Crippen LogP contribution in [-0.4, -0.2) is 17.9 Å². The smallest absolute Gasteiger partial charge is 0.548 e. The average Bonchev–Trinajstić information content (AvgIpc) is 2.09.